The van der Waals surface area contributed by atoms with Gasteiger partial charge in [-0.3, -0.25) is 0 Å². The lowest BCUT2D eigenvalue weighted by atomic mass is 10.2. The molecular weight excluding hydrogens is 176 g/mol. The highest BCUT2D eigenvalue weighted by atomic mass is 32.2. The number of hydrogen-bond acceptors (Lipinski definition) is 3. The van der Waals surface area contributed by atoms with Crippen LogP contribution in [0.5, 0.6) is 0 Å². The van der Waals surface area contributed by atoms with Crippen molar-refractivity contribution in [2.75, 3.05) is 0 Å². The van der Waals surface area contributed by atoms with Crippen LogP contribution in [-0.2, 0) is 10.0 Å². The second-order valence-electron chi connectivity index (χ2n) is 2.51. The van der Waals surface area contributed by atoms with E-state index in [1.807, 2.05) is 0 Å². The molecule has 0 saturated heterocycles. The fraction of sp³-hybridized carbons (Fsp3) is 0.143. The summed E-state index contributed by atoms with van der Waals surface area (Å²) in [6, 6.07) is 3.39. The summed E-state index contributed by atoms with van der Waals surface area (Å²) in [5.41, 5.74) is 1.12. The van der Waals surface area contributed by atoms with Gasteiger partial charge in [0.2, 0.25) is 0 Å². The summed E-state index contributed by atoms with van der Waals surface area (Å²) in [5.74, 6) is 0. The molecule has 0 amide bonds. The van der Waals surface area contributed by atoms with E-state index < -0.39 is 10.0 Å². The predicted octanol–water partition coefficient (Wildman–Crippen LogP) is 0.593. The lowest BCUT2D eigenvalue weighted by Gasteiger charge is -1.93. The fourth-order valence-corrected chi connectivity index (χ4v) is 2.38. The van der Waals surface area contributed by atoms with Crippen LogP contribution in [0.1, 0.15) is 12.5 Å². The molecule has 0 aromatic carbocycles. The van der Waals surface area contributed by atoms with E-state index >= 15 is 0 Å². The first-order valence-corrected chi connectivity index (χ1v) is 4.82. The van der Waals surface area contributed by atoms with Gasteiger partial charge in [0.05, 0.1) is 5.71 Å². The Labute approximate surface area is 70.0 Å². The van der Waals surface area contributed by atoms with Crippen molar-refractivity contribution in [2.24, 2.45) is 4.40 Å². The summed E-state index contributed by atoms with van der Waals surface area (Å²) in [6.45, 7) is 1.66. The Morgan fingerprint density at radius 3 is 2.83 bits per heavy atom. The molecule has 2 rings (SSSR count). The van der Waals surface area contributed by atoms with Crippen molar-refractivity contribution in [3.8, 4) is 0 Å². The van der Waals surface area contributed by atoms with Crippen LogP contribution < -0.4 is 0 Å². The summed E-state index contributed by atoms with van der Waals surface area (Å²) < 4.78 is 25.9. The Balaban J connectivity index is 2.86. The number of pyridine rings is 1. The van der Waals surface area contributed by atoms with Gasteiger partial charge in [0.1, 0.15) is 0 Å². The van der Waals surface area contributed by atoms with E-state index in [2.05, 4.69) is 9.38 Å². The normalized spacial score (nSPS) is 18.6. The van der Waals surface area contributed by atoms with Gasteiger partial charge in [-0.15, -0.1) is 0 Å². The maximum absolute atomic E-state index is 11.2. The highest BCUT2D eigenvalue weighted by Gasteiger charge is 2.27. The molecule has 1 aromatic rings. The Kier molecular flexibility index (Phi) is 1.32. The molecule has 1 aliphatic heterocycles. The van der Waals surface area contributed by atoms with E-state index in [1.165, 1.54) is 6.20 Å². The van der Waals surface area contributed by atoms with Gasteiger partial charge in [0, 0.05) is 11.8 Å². The molecule has 5 heteroatoms. The van der Waals surface area contributed by atoms with E-state index in [9.17, 15) is 8.42 Å². The summed E-state index contributed by atoms with van der Waals surface area (Å²) in [6.07, 6.45) is 1.45. The largest absolute Gasteiger partial charge is 0.300 e. The fourth-order valence-electron chi connectivity index (χ4n) is 1.14. The number of nitrogens with zero attached hydrogens (tertiary/aromatic N) is 2. The average Bonchev–Trinajstić information content (AvgIpc) is 2.25. The Morgan fingerprint density at radius 2 is 2.17 bits per heavy atom. The molecule has 62 valence electrons. The van der Waals surface area contributed by atoms with E-state index in [-0.39, 0.29) is 5.03 Å². The van der Waals surface area contributed by atoms with E-state index in [4.69, 9.17) is 0 Å². The molecule has 4 nitrogen and oxygen atoms in total. The van der Waals surface area contributed by atoms with Gasteiger partial charge in [-0.2, -0.15) is 12.8 Å². The minimum Gasteiger partial charge on any atom is -0.242 e. The standard InChI is InChI=1S/C7H6N2O2S/c1-5-6-3-2-4-8-7(6)12(10,11)9-5/h2-4H,1H3. The second kappa shape index (κ2) is 2.13. The zero-order chi connectivity index (χ0) is 8.77. The quantitative estimate of drug-likeness (QED) is 0.590. The average molecular weight is 182 g/mol. The number of aromatic nitrogens is 1. The molecule has 2 heterocycles. The smallest absolute Gasteiger partial charge is 0.242 e. The van der Waals surface area contributed by atoms with Crippen molar-refractivity contribution >= 4 is 15.7 Å². The SMILES string of the molecule is CC1=NS(=O)(=O)c2ncccc21. The number of rotatable bonds is 0. The van der Waals surface area contributed by atoms with Crippen molar-refractivity contribution in [1.29, 1.82) is 0 Å². The lowest BCUT2D eigenvalue weighted by Crippen LogP contribution is -1.96. The van der Waals surface area contributed by atoms with E-state index in [1.54, 1.807) is 19.1 Å². The molecule has 0 aliphatic carbocycles. The maximum Gasteiger partial charge on any atom is 0.300 e. The van der Waals surface area contributed by atoms with Crippen LogP contribution in [0.3, 0.4) is 0 Å². The molecule has 0 spiro atoms. The van der Waals surface area contributed by atoms with Crippen molar-refractivity contribution in [3.05, 3.63) is 23.9 Å². The highest BCUT2D eigenvalue weighted by molar-refractivity contribution is 7.90. The second-order valence-corrected chi connectivity index (χ2v) is 4.03. The van der Waals surface area contributed by atoms with Crippen molar-refractivity contribution in [3.63, 3.8) is 0 Å². The van der Waals surface area contributed by atoms with E-state index in [0.717, 1.165) is 0 Å². The Bertz CT molecular complexity index is 462. The van der Waals surface area contributed by atoms with Crippen LogP contribution in [0.4, 0.5) is 0 Å². The highest BCUT2D eigenvalue weighted by Crippen LogP contribution is 2.22. The zero-order valence-electron chi connectivity index (χ0n) is 6.35. The Morgan fingerprint density at radius 1 is 1.42 bits per heavy atom. The molecule has 0 fully saturated rings. The summed E-state index contributed by atoms with van der Waals surface area (Å²) >= 11 is 0. The maximum atomic E-state index is 11.2. The van der Waals surface area contributed by atoms with Gasteiger partial charge in [0.15, 0.2) is 5.03 Å². The molecule has 0 unspecified atom stereocenters. The van der Waals surface area contributed by atoms with Crippen LogP contribution in [0.2, 0.25) is 0 Å². The third-order valence-electron chi connectivity index (χ3n) is 1.66. The van der Waals surface area contributed by atoms with Crippen molar-refractivity contribution in [2.45, 2.75) is 11.9 Å². The minimum absolute atomic E-state index is 0.0718. The Hall–Kier alpha value is -1.23. The van der Waals surface area contributed by atoms with Gasteiger partial charge >= 0.3 is 10.0 Å². The minimum atomic E-state index is -3.48. The summed E-state index contributed by atoms with van der Waals surface area (Å²) in [4.78, 5) is 3.76. The summed E-state index contributed by atoms with van der Waals surface area (Å²) in [7, 11) is -3.48. The molecule has 0 radical (unpaired) electrons. The monoisotopic (exact) mass is 182 g/mol. The molecule has 1 aliphatic rings. The van der Waals surface area contributed by atoms with Gasteiger partial charge in [-0.05, 0) is 19.1 Å². The summed E-state index contributed by atoms with van der Waals surface area (Å²) in [5, 5.41) is 0.0718. The van der Waals surface area contributed by atoms with Crippen LogP contribution in [-0.4, -0.2) is 19.1 Å². The topological polar surface area (TPSA) is 59.4 Å². The van der Waals surface area contributed by atoms with Gasteiger partial charge in [0.25, 0.3) is 0 Å². The van der Waals surface area contributed by atoms with Crippen LogP contribution in [0, 0.1) is 0 Å². The third kappa shape index (κ3) is 0.863. The van der Waals surface area contributed by atoms with Crippen LogP contribution in [0.25, 0.3) is 0 Å². The molecule has 0 N–H and O–H groups in total. The van der Waals surface area contributed by atoms with Crippen LogP contribution >= 0.6 is 0 Å². The van der Waals surface area contributed by atoms with E-state index in [0.29, 0.717) is 11.3 Å². The third-order valence-corrected chi connectivity index (χ3v) is 2.99. The molecule has 12 heavy (non-hydrogen) atoms. The molecular formula is C7H6N2O2S. The number of sulfonamides is 1. The number of hydrogen-bond donors (Lipinski definition) is 0. The van der Waals surface area contributed by atoms with Crippen molar-refractivity contribution < 1.29 is 8.42 Å². The first kappa shape index (κ1) is 7.42. The van der Waals surface area contributed by atoms with Crippen molar-refractivity contribution in [1.82, 2.24) is 4.98 Å². The lowest BCUT2D eigenvalue weighted by molar-refractivity contribution is 0.596. The zero-order valence-corrected chi connectivity index (χ0v) is 7.17. The molecule has 0 saturated carbocycles. The van der Waals surface area contributed by atoms with Gasteiger partial charge in [-0.1, -0.05) is 0 Å². The molecule has 1 aromatic heterocycles. The van der Waals surface area contributed by atoms with Crippen LogP contribution in [0.15, 0.2) is 27.8 Å². The van der Waals surface area contributed by atoms with Gasteiger partial charge < -0.3 is 0 Å². The molecule has 0 atom stereocenters. The number of fused-ring (bicyclic) bond motifs is 1. The first-order chi connectivity index (χ1) is 5.61. The predicted molar refractivity (Wildman–Crippen MR) is 43.6 cm³/mol. The van der Waals surface area contributed by atoms with Gasteiger partial charge in [-0.25, -0.2) is 4.98 Å². The molecule has 0 bridgehead atoms. The first-order valence-electron chi connectivity index (χ1n) is 3.38.